The number of ether oxygens (including phenoxy) is 2. The van der Waals surface area contributed by atoms with E-state index in [1.807, 2.05) is 18.2 Å². The highest BCUT2D eigenvalue weighted by Gasteiger charge is 2.41. The number of guanidine groups is 1. The Hall–Kier alpha value is -1.91. The minimum atomic E-state index is 0. The molecule has 2 unspecified atom stereocenters. The molecule has 8 heteroatoms. The molecule has 0 radical (unpaired) electrons. The maximum atomic E-state index is 6.13. The molecule has 1 aromatic heterocycles. The number of rotatable bonds is 6. The summed E-state index contributed by atoms with van der Waals surface area (Å²) in [5.74, 6) is 1.53. The van der Waals surface area contributed by atoms with Crippen molar-refractivity contribution in [2.45, 2.75) is 32.2 Å². The van der Waals surface area contributed by atoms with Crippen LogP contribution in [-0.4, -0.2) is 72.8 Å². The average Bonchev–Trinajstić information content (AvgIpc) is 3.23. The summed E-state index contributed by atoms with van der Waals surface area (Å²) in [6, 6.07) is 16.8. The van der Waals surface area contributed by atoms with Crippen LogP contribution in [0.5, 0.6) is 5.88 Å². The molecule has 2 fully saturated rings. The number of methoxy groups -OCH3 is 1. The SMILES string of the molecule is CCNC(=NCc1cccc(OC)n1)N1CC2OCCN(Cc3ccccc3)C2C1.I. The molecular weight excluding hydrogens is 505 g/mol. The molecule has 168 valence electrons. The Bertz CT molecular complexity index is 851. The van der Waals surface area contributed by atoms with Crippen LogP contribution >= 0.6 is 24.0 Å². The summed E-state index contributed by atoms with van der Waals surface area (Å²) in [5, 5.41) is 3.44. The van der Waals surface area contributed by atoms with Gasteiger partial charge >= 0.3 is 0 Å². The Balaban J connectivity index is 0.00000272. The molecule has 2 saturated heterocycles. The maximum Gasteiger partial charge on any atom is 0.213 e. The summed E-state index contributed by atoms with van der Waals surface area (Å²) in [5.41, 5.74) is 2.24. The molecule has 0 aliphatic carbocycles. The van der Waals surface area contributed by atoms with E-state index < -0.39 is 0 Å². The quantitative estimate of drug-likeness (QED) is 0.348. The number of aliphatic imine (C=N–C) groups is 1. The number of halogens is 1. The van der Waals surface area contributed by atoms with Crippen molar-refractivity contribution < 1.29 is 9.47 Å². The van der Waals surface area contributed by atoms with E-state index in [4.69, 9.17) is 14.5 Å². The number of hydrogen-bond donors (Lipinski definition) is 1. The molecule has 1 aromatic carbocycles. The standard InChI is InChI=1S/C23H31N5O2.HI/c1-3-24-23(25-14-19-10-7-11-22(26-19)29-2)28-16-20-21(17-28)30-13-12-27(20)15-18-8-5-4-6-9-18;/h4-11,20-21H,3,12-17H2,1-2H3,(H,24,25);1H. The van der Waals surface area contributed by atoms with Crippen molar-refractivity contribution in [1.82, 2.24) is 20.1 Å². The van der Waals surface area contributed by atoms with Gasteiger partial charge in [0.05, 0.1) is 38.1 Å². The zero-order valence-corrected chi connectivity index (χ0v) is 20.6. The van der Waals surface area contributed by atoms with Crippen LogP contribution in [-0.2, 0) is 17.8 Å². The number of aromatic nitrogens is 1. The summed E-state index contributed by atoms with van der Waals surface area (Å²) in [7, 11) is 1.63. The van der Waals surface area contributed by atoms with E-state index in [2.05, 4.69) is 57.4 Å². The Kier molecular flexibility index (Phi) is 8.91. The molecule has 7 nitrogen and oxygen atoms in total. The molecule has 2 aromatic rings. The minimum absolute atomic E-state index is 0. The number of hydrogen-bond acceptors (Lipinski definition) is 5. The zero-order chi connectivity index (χ0) is 20.8. The van der Waals surface area contributed by atoms with Crippen molar-refractivity contribution in [3.8, 4) is 5.88 Å². The highest BCUT2D eigenvalue weighted by Crippen LogP contribution is 2.25. The topological polar surface area (TPSA) is 62.2 Å². The molecule has 2 aliphatic heterocycles. The maximum absolute atomic E-state index is 6.13. The molecule has 0 bridgehead atoms. The number of nitrogens with one attached hydrogen (secondary N) is 1. The van der Waals surface area contributed by atoms with E-state index in [0.717, 1.165) is 51.0 Å². The number of pyridine rings is 1. The number of benzene rings is 1. The molecule has 3 heterocycles. The van der Waals surface area contributed by atoms with E-state index in [1.54, 1.807) is 7.11 Å². The summed E-state index contributed by atoms with van der Waals surface area (Å²) >= 11 is 0. The van der Waals surface area contributed by atoms with Crippen LogP contribution in [0.2, 0.25) is 0 Å². The highest BCUT2D eigenvalue weighted by molar-refractivity contribution is 14.0. The van der Waals surface area contributed by atoms with Gasteiger partial charge in [-0.15, -0.1) is 24.0 Å². The van der Waals surface area contributed by atoms with Crippen molar-refractivity contribution in [3.63, 3.8) is 0 Å². The van der Waals surface area contributed by atoms with Crippen LogP contribution < -0.4 is 10.1 Å². The van der Waals surface area contributed by atoms with Gasteiger partial charge in [0.15, 0.2) is 5.96 Å². The van der Waals surface area contributed by atoms with Crippen LogP contribution in [0.25, 0.3) is 0 Å². The van der Waals surface area contributed by atoms with Gasteiger partial charge in [-0.05, 0) is 18.6 Å². The summed E-state index contributed by atoms with van der Waals surface area (Å²) in [6.07, 6.45) is 0.210. The van der Waals surface area contributed by atoms with Gasteiger partial charge in [-0.3, -0.25) is 4.90 Å². The predicted octanol–water partition coefficient (Wildman–Crippen LogP) is 2.76. The van der Waals surface area contributed by atoms with Gasteiger partial charge < -0.3 is 19.7 Å². The predicted molar refractivity (Wildman–Crippen MR) is 133 cm³/mol. The first-order valence-electron chi connectivity index (χ1n) is 10.7. The molecular formula is C23H32IN5O2. The molecule has 0 spiro atoms. The number of nitrogens with zero attached hydrogens (tertiary/aromatic N) is 4. The van der Waals surface area contributed by atoms with E-state index in [1.165, 1.54) is 5.56 Å². The van der Waals surface area contributed by atoms with Crippen LogP contribution in [0.3, 0.4) is 0 Å². The normalized spacial score (nSPS) is 21.4. The second kappa shape index (κ2) is 11.6. The van der Waals surface area contributed by atoms with Gasteiger partial charge in [0.25, 0.3) is 0 Å². The zero-order valence-electron chi connectivity index (χ0n) is 18.2. The fraction of sp³-hybridized carbons (Fsp3) is 0.478. The average molecular weight is 537 g/mol. The van der Waals surface area contributed by atoms with E-state index >= 15 is 0 Å². The summed E-state index contributed by atoms with van der Waals surface area (Å²) in [4.78, 5) is 14.2. The summed E-state index contributed by atoms with van der Waals surface area (Å²) in [6.45, 7) is 7.91. The van der Waals surface area contributed by atoms with Gasteiger partial charge in [0, 0.05) is 38.8 Å². The van der Waals surface area contributed by atoms with E-state index in [-0.39, 0.29) is 30.1 Å². The lowest BCUT2D eigenvalue weighted by Gasteiger charge is -2.36. The van der Waals surface area contributed by atoms with E-state index in [0.29, 0.717) is 18.5 Å². The fourth-order valence-corrected chi connectivity index (χ4v) is 4.19. The van der Waals surface area contributed by atoms with Crippen LogP contribution in [0, 0.1) is 0 Å². The molecule has 31 heavy (non-hydrogen) atoms. The van der Waals surface area contributed by atoms with Crippen molar-refractivity contribution in [2.24, 2.45) is 4.99 Å². The molecule has 1 N–H and O–H groups in total. The van der Waals surface area contributed by atoms with Crippen LogP contribution in [0.15, 0.2) is 53.5 Å². The Morgan fingerprint density at radius 1 is 1.19 bits per heavy atom. The monoisotopic (exact) mass is 537 g/mol. The van der Waals surface area contributed by atoms with Gasteiger partial charge in [-0.1, -0.05) is 36.4 Å². The number of likely N-dealkylation sites (tertiary alicyclic amines) is 1. The van der Waals surface area contributed by atoms with Gasteiger partial charge in [-0.25, -0.2) is 9.98 Å². The molecule has 0 saturated carbocycles. The first-order chi connectivity index (χ1) is 14.8. The Morgan fingerprint density at radius 3 is 2.81 bits per heavy atom. The molecule has 2 atom stereocenters. The summed E-state index contributed by atoms with van der Waals surface area (Å²) < 4.78 is 11.4. The lowest BCUT2D eigenvalue weighted by atomic mass is 10.1. The fourth-order valence-electron chi connectivity index (χ4n) is 4.19. The molecule has 4 rings (SSSR count). The first kappa shape index (κ1) is 23.7. The largest absolute Gasteiger partial charge is 0.481 e. The van der Waals surface area contributed by atoms with Crippen molar-refractivity contribution in [3.05, 3.63) is 59.8 Å². The minimum Gasteiger partial charge on any atom is -0.481 e. The van der Waals surface area contributed by atoms with Crippen molar-refractivity contribution in [2.75, 3.05) is 39.9 Å². The van der Waals surface area contributed by atoms with Crippen molar-refractivity contribution in [1.29, 1.82) is 0 Å². The lowest BCUT2D eigenvalue weighted by Crippen LogP contribution is -2.50. The molecule has 2 aliphatic rings. The Labute approximate surface area is 201 Å². The third kappa shape index (κ3) is 6.08. The first-order valence-corrected chi connectivity index (χ1v) is 10.7. The highest BCUT2D eigenvalue weighted by atomic mass is 127. The Morgan fingerprint density at radius 2 is 2.03 bits per heavy atom. The van der Waals surface area contributed by atoms with Crippen LogP contribution in [0.1, 0.15) is 18.2 Å². The van der Waals surface area contributed by atoms with Gasteiger partial charge in [0.1, 0.15) is 0 Å². The van der Waals surface area contributed by atoms with Gasteiger partial charge in [-0.2, -0.15) is 0 Å². The number of fused-ring (bicyclic) bond motifs is 1. The van der Waals surface area contributed by atoms with Crippen LogP contribution in [0.4, 0.5) is 0 Å². The van der Waals surface area contributed by atoms with Gasteiger partial charge in [0.2, 0.25) is 5.88 Å². The second-order valence-electron chi connectivity index (χ2n) is 7.68. The number of morpholine rings is 1. The lowest BCUT2D eigenvalue weighted by molar-refractivity contribution is -0.0502. The molecule has 0 amide bonds. The third-order valence-electron chi connectivity index (χ3n) is 5.66. The van der Waals surface area contributed by atoms with Crippen molar-refractivity contribution >= 4 is 29.9 Å². The second-order valence-corrected chi connectivity index (χ2v) is 7.68. The van der Waals surface area contributed by atoms with E-state index in [9.17, 15) is 0 Å². The smallest absolute Gasteiger partial charge is 0.213 e. The third-order valence-corrected chi connectivity index (χ3v) is 5.66.